The zero-order valence-electron chi connectivity index (χ0n) is 14.6. The lowest BCUT2D eigenvalue weighted by molar-refractivity contribution is -0.124. The number of hydrogen-bond donors (Lipinski definition) is 2. The number of carbonyl (C=O) groups is 1. The number of hydrogen-bond acceptors (Lipinski definition) is 4. The van der Waals surface area contributed by atoms with Crippen molar-refractivity contribution < 1.29 is 9.53 Å². The van der Waals surface area contributed by atoms with Gasteiger partial charge in [0.15, 0.2) is 0 Å². The predicted octanol–water partition coefficient (Wildman–Crippen LogP) is 3.63. The third kappa shape index (κ3) is 5.74. The van der Waals surface area contributed by atoms with Crippen molar-refractivity contribution in [1.82, 2.24) is 5.32 Å². The van der Waals surface area contributed by atoms with Crippen molar-refractivity contribution in [2.45, 2.75) is 35.2 Å². The van der Waals surface area contributed by atoms with E-state index in [0.717, 1.165) is 23.3 Å². The Labute approximate surface area is 165 Å². The molecule has 1 aliphatic heterocycles. The average molecular weight is 393 g/mol. The van der Waals surface area contributed by atoms with E-state index < -0.39 is 6.04 Å². The Morgan fingerprint density at radius 3 is 2.50 bits per heavy atom. The molecule has 4 nitrogen and oxygen atoms in total. The highest BCUT2D eigenvalue weighted by Crippen LogP contribution is 2.30. The van der Waals surface area contributed by atoms with Crippen molar-refractivity contribution in [1.29, 1.82) is 0 Å². The Hall–Kier alpha value is -1.53. The summed E-state index contributed by atoms with van der Waals surface area (Å²) in [6, 6.07) is 17.9. The molecule has 26 heavy (non-hydrogen) atoms. The third-order valence-electron chi connectivity index (χ3n) is 4.47. The van der Waals surface area contributed by atoms with Gasteiger partial charge in [0.2, 0.25) is 5.91 Å². The van der Waals surface area contributed by atoms with E-state index in [0.29, 0.717) is 19.8 Å². The van der Waals surface area contributed by atoms with Crippen LogP contribution >= 0.6 is 24.2 Å². The van der Waals surface area contributed by atoms with E-state index in [2.05, 4.69) is 23.5 Å². The van der Waals surface area contributed by atoms with Gasteiger partial charge in [-0.3, -0.25) is 4.79 Å². The van der Waals surface area contributed by atoms with Gasteiger partial charge < -0.3 is 15.8 Å². The highest BCUT2D eigenvalue weighted by molar-refractivity contribution is 7.99. The number of halogens is 1. The van der Waals surface area contributed by atoms with E-state index in [1.54, 1.807) is 11.8 Å². The van der Waals surface area contributed by atoms with E-state index in [9.17, 15) is 4.79 Å². The van der Waals surface area contributed by atoms with Crippen LogP contribution in [0.2, 0.25) is 0 Å². The molecular formula is C20H25ClN2O2S. The van der Waals surface area contributed by atoms with Crippen LogP contribution in [0, 0.1) is 5.92 Å². The average Bonchev–Trinajstić information content (AvgIpc) is 2.68. The van der Waals surface area contributed by atoms with Crippen molar-refractivity contribution in [3.8, 4) is 0 Å². The van der Waals surface area contributed by atoms with Gasteiger partial charge in [-0.05, 0) is 42.5 Å². The minimum Gasteiger partial charge on any atom is -0.381 e. The smallest absolute Gasteiger partial charge is 0.237 e. The van der Waals surface area contributed by atoms with Crippen LogP contribution in [0.1, 0.15) is 18.4 Å². The van der Waals surface area contributed by atoms with Crippen molar-refractivity contribution in [2.24, 2.45) is 11.7 Å². The summed E-state index contributed by atoms with van der Waals surface area (Å²) in [4.78, 5) is 14.7. The van der Waals surface area contributed by atoms with Gasteiger partial charge >= 0.3 is 0 Å². The second-order valence-corrected chi connectivity index (χ2v) is 7.33. The maximum Gasteiger partial charge on any atom is 0.237 e. The molecule has 140 valence electrons. The normalized spacial score (nSPS) is 15.7. The largest absolute Gasteiger partial charge is 0.381 e. The Balaban J connectivity index is 0.00000243. The summed E-state index contributed by atoms with van der Waals surface area (Å²) >= 11 is 1.70. The van der Waals surface area contributed by atoms with Gasteiger partial charge in [-0.15, -0.1) is 12.4 Å². The highest BCUT2D eigenvalue weighted by atomic mass is 35.5. The van der Waals surface area contributed by atoms with Crippen molar-refractivity contribution in [3.63, 3.8) is 0 Å². The number of carbonyl (C=O) groups excluding carboxylic acids is 1. The van der Waals surface area contributed by atoms with E-state index in [1.165, 1.54) is 4.90 Å². The molecule has 1 unspecified atom stereocenters. The zero-order chi connectivity index (χ0) is 17.5. The number of rotatable bonds is 6. The number of ether oxygens (including phenoxy) is 1. The molecule has 0 bridgehead atoms. The molecule has 0 aromatic heterocycles. The SMILES string of the molecule is Cl.NC(C(=O)NCc1ccccc1Sc1ccccc1)C1CCOCC1. The van der Waals surface area contributed by atoms with Gasteiger partial charge in [0, 0.05) is 29.5 Å². The molecule has 1 atom stereocenters. The Morgan fingerprint density at radius 2 is 1.77 bits per heavy atom. The lowest BCUT2D eigenvalue weighted by Crippen LogP contribution is -2.46. The summed E-state index contributed by atoms with van der Waals surface area (Å²) < 4.78 is 5.34. The van der Waals surface area contributed by atoms with Crippen LogP contribution in [0.3, 0.4) is 0 Å². The number of amides is 1. The van der Waals surface area contributed by atoms with Crippen LogP contribution in [0.15, 0.2) is 64.4 Å². The minimum atomic E-state index is -0.460. The van der Waals surface area contributed by atoms with Crippen LogP contribution in [0.5, 0.6) is 0 Å². The zero-order valence-corrected chi connectivity index (χ0v) is 16.2. The molecule has 1 aliphatic rings. The molecule has 0 radical (unpaired) electrons. The molecule has 1 amide bonds. The van der Waals surface area contributed by atoms with Gasteiger partial charge in [0.05, 0.1) is 6.04 Å². The highest BCUT2D eigenvalue weighted by Gasteiger charge is 2.26. The number of nitrogens with two attached hydrogens (primary N) is 1. The number of nitrogens with one attached hydrogen (secondary N) is 1. The predicted molar refractivity (Wildman–Crippen MR) is 108 cm³/mol. The van der Waals surface area contributed by atoms with Crippen LogP contribution < -0.4 is 11.1 Å². The third-order valence-corrected chi connectivity index (χ3v) is 5.60. The fourth-order valence-corrected chi connectivity index (χ4v) is 3.92. The monoisotopic (exact) mass is 392 g/mol. The van der Waals surface area contributed by atoms with Crippen LogP contribution in [0.4, 0.5) is 0 Å². The van der Waals surface area contributed by atoms with Gasteiger partial charge in [0.25, 0.3) is 0 Å². The first-order chi connectivity index (χ1) is 12.2. The summed E-state index contributed by atoms with van der Waals surface area (Å²) in [5.41, 5.74) is 7.25. The van der Waals surface area contributed by atoms with Crippen molar-refractivity contribution in [2.75, 3.05) is 13.2 Å². The standard InChI is InChI=1S/C20H24N2O2S.ClH/c21-19(15-10-12-24-13-11-15)20(23)22-14-16-6-4-5-9-18(16)25-17-7-2-1-3-8-17;/h1-9,15,19H,10-14,21H2,(H,22,23);1H. The lowest BCUT2D eigenvalue weighted by atomic mass is 9.92. The Bertz CT molecular complexity index is 693. The van der Waals surface area contributed by atoms with E-state index in [-0.39, 0.29) is 24.2 Å². The first-order valence-corrected chi connectivity index (χ1v) is 9.47. The van der Waals surface area contributed by atoms with Crippen LogP contribution in [-0.4, -0.2) is 25.2 Å². The summed E-state index contributed by atoms with van der Waals surface area (Å²) in [6.45, 7) is 1.89. The molecule has 0 spiro atoms. The van der Waals surface area contributed by atoms with Gasteiger partial charge in [-0.1, -0.05) is 48.2 Å². The second-order valence-electron chi connectivity index (χ2n) is 6.22. The van der Waals surface area contributed by atoms with Gasteiger partial charge in [-0.25, -0.2) is 0 Å². The Kier molecular flexibility index (Phi) is 8.45. The summed E-state index contributed by atoms with van der Waals surface area (Å²) in [7, 11) is 0. The molecule has 3 N–H and O–H groups in total. The van der Waals surface area contributed by atoms with Crippen LogP contribution in [-0.2, 0) is 16.1 Å². The summed E-state index contributed by atoms with van der Waals surface area (Å²) in [5, 5.41) is 3.00. The fraction of sp³-hybridized carbons (Fsp3) is 0.350. The fourth-order valence-electron chi connectivity index (χ4n) is 2.95. The maximum atomic E-state index is 12.4. The minimum absolute atomic E-state index is 0. The molecule has 2 aromatic rings. The molecule has 1 fully saturated rings. The lowest BCUT2D eigenvalue weighted by Gasteiger charge is -2.26. The molecule has 6 heteroatoms. The number of benzene rings is 2. The Morgan fingerprint density at radius 1 is 1.12 bits per heavy atom. The molecule has 0 aliphatic carbocycles. The molecule has 1 saturated heterocycles. The van der Waals surface area contributed by atoms with E-state index in [4.69, 9.17) is 10.5 Å². The molecule has 0 saturated carbocycles. The molecule has 3 rings (SSSR count). The first kappa shape index (κ1) is 20.8. The van der Waals surface area contributed by atoms with E-state index >= 15 is 0 Å². The van der Waals surface area contributed by atoms with Gasteiger partial charge in [0.1, 0.15) is 0 Å². The van der Waals surface area contributed by atoms with E-state index in [1.807, 2.05) is 36.4 Å². The first-order valence-electron chi connectivity index (χ1n) is 8.66. The van der Waals surface area contributed by atoms with Crippen molar-refractivity contribution >= 4 is 30.1 Å². The van der Waals surface area contributed by atoms with Crippen LogP contribution in [0.25, 0.3) is 0 Å². The summed E-state index contributed by atoms with van der Waals surface area (Å²) in [5.74, 6) is 0.133. The molecule has 1 heterocycles. The summed E-state index contributed by atoms with van der Waals surface area (Å²) in [6.07, 6.45) is 1.71. The molecular weight excluding hydrogens is 368 g/mol. The van der Waals surface area contributed by atoms with Crippen molar-refractivity contribution in [3.05, 3.63) is 60.2 Å². The maximum absolute atomic E-state index is 12.4. The molecule has 2 aromatic carbocycles. The van der Waals surface area contributed by atoms with Gasteiger partial charge in [-0.2, -0.15) is 0 Å². The second kappa shape index (κ2) is 10.6. The topological polar surface area (TPSA) is 64.4 Å². The quantitative estimate of drug-likeness (QED) is 0.787.